The van der Waals surface area contributed by atoms with E-state index in [4.69, 9.17) is 9.15 Å². The van der Waals surface area contributed by atoms with E-state index in [0.29, 0.717) is 26.2 Å². The molecule has 0 amide bonds. The van der Waals surface area contributed by atoms with Crippen LogP contribution in [0.2, 0.25) is 0 Å². The summed E-state index contributed by atoms with van der Waals surface area (Å²) in [6.45, 7) is 7.89. The molecule has 0 aliphatic carbocycles. The number of piperazine rings is 1. The molecule has 0 saturated carbocycles. The first-order chi connectivity index (χ1) is 10.9. The smallest absolute Gasteiger partial charge is 0.282 e. The fourth-order valence-corrected chi connectivity index (χ4v) is 4.97. The van der Waals surface area contributed by atoms with Crippen molar-refractivity contribution < 1.29 is 17.6 Å². The fraction of sp³-hybridized carbons (Fsp3) is 0.733. The summed E-state index contributed by atoms with van der Waals surface area (Å²) < 4.78 is 39.8. The Labute approximate surface area is 138 Å². The Hall–Kier alpha value is -0.930. The highest BCUT2D eigenvalue weighted by Gasteiger charge is 2.36. The lowest BCUT2D eigenvalue weighted by atomic mass is 10.3. The summed E-state index contributed by atoms with van der Waals surface area (Å²) in [4.78, 5) is 2.22. The number of nitrogens with zero attached hydrogens (tertiary/aromatic N) is 3. The molecule has 23 heavy (non-hydrogen) atoms. The fourth-order valence-electron chi connectivity index (χ4n) is 3.22. The van der Waals surface area contributed by atoms with Gasteiger partial charge in [-0.1, -0.05) is 0 Å². The molecule has 3 rings (SSSR count). The normalized spacial score (nSPS) is 29.0. The highest BCUT2D eigenvalue weighted by molar-refractivity contribution is 7.86. The maximum atomic E-state index is 12.8. The average molecular weight is 343 g/mol. The van der Waals surface area contributed by atoms with Crippen molar-refractivity contribution in [1.82, 2.24) is 13.5 Å². The van der Waals surface area contributed by atoms with Crippen LogP contribution in [-0.2, 0) is 21.5 Å². The van der Waals surface area contributed by atoms with Gasteiger partial charge in [0.05, 0.1) is 25.0 Å². The predicted molar refractivity (Wildman–Crippen MR) is 86.1 cm³/mol. The molecule has 0 aromatic carbocycles. The summed E-state index contributed by atoms with van der Waals surface area (Å²) in [5.74, 6) is 0.914. The molecule has 2 aliphatic heterocycles. The van der Waals surface area contributed by atoms with Crippen LogP contribution in [0.5, 0.6) is 0 Å². The summed E-state index contributed by atoms with van der Waals surface area (Å²) in [6.07, 6.45) is 1.54. The minimum absolute atomic E-state index is 0.0613. The molecule has 1 aromatic rings. The van der Waals surface area contributed by atoms with Crippen molar-refractivity contribution in [2.45, 2.75) is 32.6 Å². The summed E-state index contributed by atoms with van der Waals surface area (Å²) in [7, 11) is -3.40. The van der Waals surface area contributed by atoms with Crippen molar-refractivity contribution in [3.05, 3.63) is 24.2 Å². The van der Waals surface area contributed by atoms with Crippen LogP contribution in [0.4, 0.5) is 0 Å². The molecule has 1 aromatic heterocycles. The van der Waals surface area contributed by atoms with Crippen molar-refractivity contribution in [3.8, 4) is 0 Å². The van der Waals surface area contributed by atoms with Gasteiger partial charge in [-0.3, -0.25) is 4.90 Å². The Morgan fingerprint density at radius 2 is 1.74 bits per heavy atom. The maximum Gasteiger partial charge on any atom is 0.282 e. The summed E-state index contributed by atoms with van der Waals surface area (Å²) >= 11 is 0. The second kappa shape index (κ2) is 6.90. The standard InChI is InChI=1S/C15H25N3O4S/c1-13-10-18(11-14(2)22-13)23(19,20)17-7-5-16(6-8-17)12-15-4-3-9-21-15/h3-4,9,13-14H,5-8,10-12H2,1-2H3/t13-,14+. The lowest BCUT2D eigenvalue weighted by Gasteiger charge is -2.40. The van der Waals surface area contributed by atoms with E-state index in [0.717, 1.165) is 25.4 Å². The van der Waals surface area contributed by atoms with Gasteiger partial charge in [0.1, 0.15) is 5.76 Å². The zero-order chi connectivity index (χ0) is 16.4. The number of rotatable bonds is 4. The Kier molecular flexibility index (Phi) is 5.07. The number of morpholine rings is 1. The number of furan rings is 1. The Morgan fingerprint density at radius 1 is 1.09 bits per heavy atom. The lowest BCUT2D eigenvalue weighted by molar-refractivity contribution is -0.0457. The first-order valence-electron chi connectivity index (χ1n) is 8.10. The van der Waals surface area contributed by atoms with Gasteiger partial charge < -0.3 is 9.15 Å². The molecule has 0 bridgehead atoms. The van der Waals surface area contributed by atoms with Crippen LogP contribution >= 0.6 is 0 Å². The molecule has 2 saturated heterocycles. The van der Waals surface area contributed by atoms with E-state index < -0.39 is 10.2 Å². The molecule has 3 heterocycles. The van der Waals surface area contributed by atoms with E-state index in [9.17, 15) is 8.42 Å². The third-order valence-electron chi connectivity index (χ3n) is 4.33. The highest BCUT2D eigenvalue weighted by Crippen LogP contribution is 2.19. The van der Waals surface area contributed by atoms with Crippen LogP contribution in [0.1, 0.15) is 19.6 Å². The van der Waals surface area contributed by atoms with Crippen molar-refractivity contribution in [2.75, 3.05) is 39.3 Å². The molecule has 2 atom stereocenters. The van der Waals surface area contributed by atoms with Gasteiger partial charge >= 0.3 is 0 Å². The largest absolute Gasteiger partial charge is 0.468 e. The Morgan fingerprint density at radius 3 is 2.30 bits per heavy atom. The molecule has 0 unspecified atom stereocenters. The molecule has 130 valence electrons. The molecule has 7 nitrogen and oxygen atoms in total. The maximum absolute atomic E-state index is 12.8. The van der Waals surface area contributed by atoms with Crippen molar-refractivity contribution >= 4 is 10.2 Å². The van der Waals surface area contributed by atoms with E-state index in [-0.39, 0.29) is 12.2 Å². The molecular weight excluding hydrogens is 318 g/mol. The van der Waals surface area contributed by atoms with Gasteiger partial charge in [0.2, 0.25) is 0 Å². The number of hydrogen-bond donors (Lipinski definition) is 0. The van der Waals surface area contributed by atoms with Crippen LogP contribution in [-0.4, -0.2) is 73.4 Å². The van der Waals surface area contributed by atoms with E-state index in [1.165, 1.54) is 0 Å². The molecule has 0 radical (unpaired) electrons. The molecule has 0 N–H and O–H groups in total. The summed E-state index contributed by atoms with van der Waals surface area (Å²) in [6, 6.07) is 3.82. The van der Waals surface area contributed by atoms with E-state index in [1.54, 1.807) is 14.9 Å². The van der Waals surface area contributed by atoms with Gasteiger partial charge in [-0.2, -0.15) is 17.0 Å². The first-order valence-corrected chi connectivity index (χ1v) is 9.50. The molecule has 2 fully saturated rings. The van der Waals surface area contributed by atoms with Gasteiger partial charge in [0.25, 0.3) is 10.2 Å². The van der Waals surface area contributed by atoms with Crippen LogP contribution in [0.25, 0.3) is 0 Å². The zero-order valence-electron chi connectivity index (χ0n) is 13.7. The SMILES string of the molecule is C[C@@H]1CN(S(=O)(=O)N2CCN(Cc3ccco3)CC2)C[C@H](C)O1. The monoisotopic (exact) mass is 343 g/mol. The van der Waals surface area contributed by atoms with Crippen LogP contribution in [0, 0.1) is 0 Å². The Bertz CT molecular complexity index is 586. The quantitative estimate of drug-likeness (QED) is 0.807. The average Bonchev–Trinajstić information content (AvgIpc) is 3.00. The second-order valence-electron chi connectivity index (χ2n) is 6.34. The van der Waals surface area contributed by atoms with Crippen molar-refractivity contribution in [1.29, 1.82) is 0 Å². The minimum Gasteiger partial charge on any atom is -0.468 e. The molecule has 2 aliphatic rings. The second-order valence-corrected chi connectivity index (χ2v) is 8.27. The third-order valence-corrected chi connectivity index (χ3v) is 6.30. The molecule has 8 heteroatoms. The minimum atomic E-state index is -3.40. The van der Waals surface area contributed by atoms with Gasteiger partial charge in [0, 0.05) is 39.3 Å². The van der Waals surface area contributed by atoms with E-state index >= 15 is 0 Å². The first kappa shape index (κ1) is 16.9. The zero-order valence-corrected chi connectivity index (χ0v) is 14.5. The van der Waals surface area contributed by atoms with Crippen LogP contribution < -0.4 is 0 Å². The number of hydrogen-bond acceptors (Lipinski definition) is 5. The summed E-state index contributed by atoms with van der Waals surface area (Å²) in [5.41, 5.74) is 0. The lowest BCUT2D eigenvalue weighted by Crippen LogP contribution is -2.56. The van der Waals surface area contributed by atoms with Crippen molar-refractivity contribution in [3.63, 3.8) is 0 Å². The van der Waals surface area contributed by atoms with Gasteiger partial charge in [0.15, 0.2) is 0 Å². The van der Waals surface area contributed by atoms with Crippen LogP contribution in [0.3, 0.4) is 0 Å². The van der Waals surface area contributed by atoms with Gasteiger partial charge in [-0.05, 0) is 26.0 Å². The van der Waals surface area contributed by atoms with E-state index in [2.05, 4.69) is 4.90 Å². The van der Waals surface area contributed by atoms with Gasteiger partial charge in [-0.15, -0.1) is 0 Å². The molecule has 0 spiro atoms. The Balaban J connectivity index is 1.57. The number of ether oxygens (including phenoxy) is 1. The predicted octanol–water partition coefficient (Wildman–Crippen LogP) is 0.751. The summed E-state index contributed by atoms with van der Waals surface area (Å²) in [5, 5.41) is 0. The topological polar surface area (TPSA) is 66.2 Å². The van der Waals surface area contributed by atoms with Gasteiger partial charge in [-0.25, -0.2) is 0 Å². The van der Waals surface area contributed by atoms with E-state index in [1.807, 2.05) is 26.0 Å². The van der Waals surface area contributed by atoms with Crippen molar-refractivity contribution in [2.24, 2.45) is 0 Å². The van der Waals surface area contributed by atoms with Crippen LogP contribution in [0.15, 0.2) is 22.8 Å². The molecular formula is C15H25N3O4S. The highest BCUT2D eigenvalue weighted by atomic mass is 32.2. The third kappa shape index (κ3) is 3.95.